The zero-order chi connectivity index (χ0) is 11.2. The van der Waals surface area contributed by atoms with Crippen molar-refractivity contribution >= 4 is 11.6 Å². The fourth-order valence-corrected chi connectivity index (χ4v) is 4.10. The lowest BCUT2D eigenvalue weighted by Gasteiger charge is -2.32. The summed E-state index contributed by atoms with van der Waals surface area (Å²) in [6, 6.07) is 0. The Bertz CT molecular complexity index is 295. The molecule has 2 rings (SSSR count). The van der Waals surface area contributed by atoms with Crippen molar-refractivity contribution in [3.63, 3.8) is 0 Å². The molecule has 2 bridgehead atoms. The Morgan fingerprint density at radius 2 is 1.67 bits per heavy atom. The molecule has 5 atom stereocenters. The Kier molecular flexibility index (Phi) is 2.70. The van der Waals surface area contributed by atoms with E-state index in [1.807, 2.05) is 0 Å². The van der Waals surface area contributed by atoms with Crippen molar-refractivity contribution in [2.75, 3.05) is 0 Å². The Labute approximate surface area is 91.4 Å². The largest absolute Gasteiger partial charge is 0.300 e. The minimum absolute atomic E-state index is 0.0474. The summed E-state index contributed by atoms with van der Waals surface area (Å²) in [5, 5.41) is 0. The number of carbonyl (C=O) groups excluding carboxylic acids is 2. The molecule has 0 aliphatic heterocycles. The van der Waals surface area contributed by atoms with Gasteiger partial charge in [0, 0.05) is 11.8 Å². The molecule has 2 saturated carbocycles. The Balaban J connectivity index is 2.24. The molecule has 0 aromatic heterocycles. The molecule has 0 radical (unpaired) electrons. The number of rotatable bonds is 3. The summed E-state index contributed by atoms with van der Waals surface area (Å²) in [4.78, 5) is 23.3. The highest BCUT2D eigenvalue weighted by Crippen LogP contribution is 2.56. The van der Waals surface area contributed by atoms with Crippen LogP contribution in [0.25, 0.3) is 0 Å². The third-order valence-corrected chi connectivity index (χ3v) is 4.61. The standard InChI is InChI=1S/C13H20O2/c1-4-9-5-10-6-11(9)13(8(3)15)12(10)7(2)14/h9-13H,4-6H2,1-3H3. The van der Waals surface area contributed by atoms with Gasteiger partial charge in [0.2, 0.25) is 0 Å². The number of fused-ring (bicyclic) bond motifs is 2. The zero-order valence-electron chi connectivity index (χ0n) is 9.82. The van der Waals surface area contributed by atoms with Crippen LogP contribution in [0.5, 0.6) is 0 Å². The highest BCUT2D eigenvalue weighted by Gasteiger charge is 2.54. The van der Waals surface area contributed by atoms with Gasteiger partial charge in [-0.3, -0.25) is 9.59 Å². The second kappa shape index (κ2) is 3.73. The van der Waals surface area contributed by atoms with Crippen molar-refractivity contribution in [2.45, 2.75) is 40.0 Å². The van der Waals surface area contributed by atoms with E-state index in [0.717, 1.165) is 12.8 Å². The van der Waals surface area contributed by atoms with Crippen LogP contribution in [0.1, 0.15) is 40.0 Å². The van der Waals surface area contributed by atoms with Crippen LogP contribution in [-0.4, -0.2) is 11.6 Å². The molecule has 0 aromatic carbocycles. The van der Waals surface area contributed by atoms with Gasteiger partial charge in [0.05, 0.1) is 0 Å². The smallest absolute Gasteiger partial charge is 0.133 e. The van der Waals surface area contributed by atoms with E-state index in [4.69, 9.17) is 0 Å². The van der Waals surface area contributed by atoms with Crippen molar-refractivity contribution < 1.29 is 9.59 Å². The Morgan fingerprint density at radius 1 is 1.07 bits per heavy atom. The normalized spacial score (nSPS) is 43.3. The summed E-state index contributed by atoms with van der Waals surface area (Å²) in [7, 11) is 0. The monoisotopic (exact) mass is 208 g/mol. The van der Waals surface area contributed by atoms with Gasteiger partial charge < -0.3 is 0 Å². The first kappa shape index (κ1) is 10.8. The maximum atomic E-state index is 11.7. The van der Waals surface area contributed by atoms with Gasteiger partial charge >= 0.3 is 0 Å². The quantitative estimate of drug-likeness (QED) is 0.714. The van der Waals surface area contributed by atoms with Crippen molar-refractivity contribution in [1.82, 2.24) is 0 Å². The van der Waals surface area contributed by atoms with E-state index >= 15 is 0 Å². The molecular formula is C13H20O2. The van der Waals surface area contributed by atoms with Crippen LogP contribution >= 0.6 is 0 Å². The maximum Gasteiger partial charge on any atom is 0.133 e. The molecule has 84 valence electrons. The van der Waals surface area contributed by atoms with Gasteiger partial charge in [-0.2, -0.15) is 0 Å². The third kappa shape index (κ3) is 1.54. The first-order valence-corrected chi connectivity index (χ1v) is 6.07. The predicted molar refractivity (Wildman–Crippen MR) is 58.3 cm³/mol. The summed E-state index contributed by atoms with van der Waals surface area (Å²) in [6.45, 7) is 5.52. The number of carbonyl (C=O) groups is 2. The van der Waals surface area contributed by atoms with Gasteiger partial charge in [0.25, 0.3) is 0 Å². The van der Waals surface area contributed by atoms with Gasteiger partial charge in [0.1, 0.15) is 11.6 Å². The van der Waals surface area contributed by atoms with Crippen molar-refractivity contribution in [3.05, 3.63) is 0 Å². The lowest BCUT2D eigenvalue weighted by molar-refractivity contribution is -0.133. The predicted octanol–water partition coefficient (Wildman–Crippen LogP) is 2.46. The van der Waals surface area contributed by atoms with Crippen LogP contribution in [-0.2, 0) is 9.59 Å². The Hall–Kier alpha value is -0.660. The van der Waals surface area contributed by atoms with E-state index in [-0.39, 0.29) is 23.4 Å². The molecule has 0 N–H and O–H groups in total. The summed E-state index contributed by atoms with van der Waals surface area (Å²) in [6.07, 6.45) is 3.46. The highest BCUT2D eigenvalue weighted by molar-refractivity contribution is 5.88. The number of hydrogen-bond donors (Lipinski definition) is 0. The minimum Gasteiger partial charge on any atom is -0.300 e. The number of hydrogen-bond acceptors (Lipinski definition) is 2. The second-order valence-electron chi connectivity index (χ2n) is 5.34. The summed E-state index contributed by atoms with van der Waals surface area (Å²) in [5.74, 6) is 2.27. The SMILES string of the molecule is CCC1CC2CC1C(C(C)=O)C2C(C)=O. The van der Waals surface area contributed by atoms with Crippen molar-refractivity contribution in [3.8, 4) is 0 Å². The van der Waals surface area contributed by atoms with Crippen molar-refractivity contribution in [2.24, 2.45) is 29.6 Å². The van der Waals surface area contributed by atoms with E-state index < -0.39 is 0 Å². The maximum absolute atomic E-state index is 11.7. The molecule has 0 saturated heterocycles. The average Bonchev–Trinajstić information content (AvgIpc) is 2.72. The van der Waals surface area contributed by atoms with Gasteiger partial charge in [-0.1, -0.05) is 13.3 Å². The molecule has 0 heterocycles. The second-order valence-corrected chi connectivity index (χ2v) is 5.34. The third-order valence-electron chi connectivity index (χ3n) is 4.61. The summed E-state index contributed by atoms with van der Waals surface area (Å²) in [5.41, 5.74) is 0. The van der Waals surface area contributed by atoms with E-state index in [1.54, 1.807) is 13.8 Å². The molecule has 0 amide bonds. The van der Waals surface area contributed by atoms with Crippen LogP contribution in [0, 0.1) is 29.6 Å². The number of Topliss-reactive ketones (excluding diaryl/α,β-unsaturated/α-hetero) is 2. The van der Waals surface area contributed by atoms with Gasteiger partial charge in [-0.15, -0.1) is 0 Å². The van der Waals surface area contributed by atoms with E-state index in [9.17, 15) is 9.59 Å². The van der Waals surface area contributed by atoms with Gasteiger partial charge in [-0.05, 0) is 44.4 Å². The van der Waals surface area contributed by atoms with E-state index in [1.165, 1.54) is 6.42 Å². The van der Waals surface area contributed by atoms with Crippen LogP contribution < -0.4 is 0 Å². The van der Waals surface area contributed by atoms with Crippen LogP contribution in [0.2, 0.25) is 0 Å². The first-order valence-electron chi connectivity index (χ1n) is 6.07. The molecule has 2 aliphatic carbocycles. The van der Waals surface area contributed by atoms with E-state index in [0.29, 0.717) is 17.8 Å². The topological polar surface area (TPSA) is 34.1 Å². The number of ketones is 2. The molecular weight excluding hydrogens is 188 g/mol. The minimum atomic E-state index is 0.0474. The zero-order valence-corrected chi connectivity index (χ0v) is 9.82. The van der Waals surface area contributed by atoms with Crippen LogP contribution in [0.4, 0.5) is 0 Å². The molecule has 0 aromatic rings. The molecule has 5 unspecified atom stereocenters. The molecule has 2 nitrogen and oxygen atoms in total. The first-order chi connectivity index (χ1) is 7.06. The Morgan fingerprint density at radius 3 is 2.13 bits per heavy atom. The average molecular weight is 208 g/mol. The van der Waals surface area contributed by atoms with Crippen LogP contribution in [0.15, 0.2) is 0 Å². The summed E-state index contributed by atoms with van der Waals surface area (Å²) >= 11 is 0. The van der Waals surface area contributed by atoms with Crippen LogP contribution in [0.3, 0.4) is 0 Å². The fourth-order valence-electron chi connectivity index (χ4n) is 4.10. The molecule has 2 fully saturated rings. The van der Waals surface area contributed by atoms with Gasteiger partial charge in [-0.25, -0.2) is 0 Å². The highest BCUT2D eigenvalue weighted by atomic mass is 16.1. The molecule has 15 heavy (non-hydrogen) atoms. The van der Waals surface area contributed by atoms with Gasteiger partial charge in [0.15, 0.2) is 0 Å². The van der Waals surface area contributed by atoms with Crippen molar-refractivity contribution in [1.29, 1.82) is 0 Å². The summed E-state index contributed by atoms with van der Waals surface area (Å²) < 4.78 is 0. The molecule has 2 aliphatic rings. The fraction of sp³-hybridized carbons (Fsp3) is 0.846. The van der Waals surface area contributed by atoms with E-state index in [2.05, 4.69) is 6.92 Å². The lowest BCUT2D eigenvalue weighted by atomic mass is 9.70. The molecule has 2 heteroatoms. The lowest BCUT2D eigenvalue weighted by Crippen LogP contribution is -2.36. The molecule has 0 spiro atoms.